The normalized spacial score (nSPS) is 14.8. The van der Waals surface area contributed by atoms with Crippen molar-refractivity contribution in [2.24, 2.45) is 0 Å². The molecule has 0 aliphatic heterocycles. The lowest BCUT2D eigenvalue weighted by atomic mass is 9.95. The molecular weight excluding hydrogens is 529 g/mol. The zero-order chi connectivity index (χ0) is 28.7. The van der Waals surface area contributed by atoms with Gasteiger partial charge in [-0.1, -0.05) is 61.7 Å². The molecule has 0 spiro atoms. The molecular formula is C31H36FN3O4S. The highest BCUT2D eigenvalue weighted by Crippen LogP contribution is 2.25. The lowest BCUT2D eigenvalue weighted by Gasteiger charge is -2.33. The quantitative estimate of drug-likeness (QED) is 0.366. The maximum Gasteiger partial charge on any atom is 0.264 e. The average Bonchev–Trinajstić information content (AvgIpc) is 2.96. The van der Waals surface area contributed by atoms with Crippen LogP contribution in [0.4, 0.5) is 10.1 Å². The van der Waals surface area contributed by atoms with E-state index in [-0.39, 0.29) is 29.1 Å². The number of amides is 2. The van der Waals surface area contributed by atoms with E-state index in [4.69, 9.17) is 0 Å². The van der Waals surface area contributed by atoms with Gasteiger partial charge in [0.2, 0.25) is 11.8 Å². The Morgan fingerprint density at radius 1 is 0.925 bits per heavy atom. The Morgan fingerprint density at radius 2 is 1.55 bits per heavy atom. The highest BCUT2D eigenvalue weighted by Gasteiger charge is 2.33. The standard InChI is InChI=1S/C31H36FN3O4S/c1-23-11-9-10-12-25(23)21-34(24(2)31(37)33-27-13-5-3-6-14-27)30(36)22-35(28-15-7-4-8-16-28)40(38,39)29-19-17-26(32)18-20-29/h4,7-12,15-20,24,27H,3,5-6,13-14,21-22H2,1-2H3,(H,33,37)/t24-/m0/s1. The van der Waals surface area contributed by atoms with Crippen molar-refractivity contribution >= 4 is 27.5 Å². The zero-order valence-corrected chi connectivity index (χ0v) is 23.7. The summed E-state index contributed by atoms with van der Waals surface area (Å²) in [6.07, 6.45) is 5.07. The second-order valence-electron chi connectivity index (χ2n) is 10.3. The summed E-state index contributed by atoms with van der Waals surface area (Å²) in [6, 6.07) is 19.6. The van der Waals surface area contributed by atoms with Crippen molar-refractivity contribution in [1.82, 2.24) is 10.2 Å². The molecule has 0 bridgehead atoms. The minimum Gasteiger partial charge on any atom is -0.352 e. The summed E-state index contributed by atoms with van der Waals surface area (Å²) in [5, 5.41) is 3.10. The number of aryl methyl sites for hydroxylation is 1. The first-order valence-corrected chi connectivity index (χ1v) is 15.1. The smallest absolute Gasteiger partial charge is 0.264 e. The van der Waals surface area contributed by atoms with Crippen LogP contribution in [0.15, 0.2) is 83.8 Å². The zero-order valence-electron chi connectivity index (χ0n) is 22.9. The molecule has 1 fully saturated rings. The van der Waals surface area contributed by atoms with Gasteiger partial charge in [0.25, 0.3) is 10.0 Å². The van der Waals surface area contributed by atoms with Crippen molar-refractivity contribution in [3.05, 3.63) is 95.8 Å². The van der Waals surface area contributed by atoms with Gasteiger partial charge in [0.15, 0.2) is 0 Å². The Bertz CT molecular complexity index is 1410. The maximum atomic E-state index is 14.0. The van der Waals surface area contributed by atoms with Crippen LogP contribution in [0, 0.1) is 12.7 Å². The molecule has 3 aromatic carbocycles. The number of carbonyl (C=O) groups is 2. The molecule has 9 heteroatoms. The van der Waals surface area contributed by atoms with Crippen LogP contribution in [0.5, 0.6) is 0 Å². The van der Waals surface area contributed by atoms with Crippen LogP contribution in [-0.2, 0) is 26.2 Å². The third kappa shape index (κ3) is 7.07. The van der Waals surface area contributed by atoms with E-state index >= 15 is 0 Å². The summed E-state index contributed by atoms with van der Waals surface area (Å²) in [5.74, 6) is -1.35. The van der Waals surface area contributed by atoms with Gasteiger partial charge in [-0.25, -0.2) is 12.8 Å². The van der Waals surface area contributed by atoms with Gasteiger partial charge >= 0.3 is 0 Å². The number of benzene rings is 3. The first kappa shape index (κ1) is 29.3. The molecule has 1 aliphatic carbocycles. The van der Waals surface area contributed by atoms with E-state index in [0.717, 1.165) is 59.7 Å². The molecule has 1 saturated carbocycles. The summed E-state index contributed by atoms with van der Waals surface area (Å²) < 4.78 is 42.1. The van der Waals surface area contributed by atoms with Gasteiger partial charge in [-0.2, -0.15) is 0 Å². The van der Waals surface area contributed by atoms with Crippen molar-refractivity contribution < 1.29 is 22.4 Å². The lowest BCUT2D eigenvalue weighted by molar-refractivity contribution is -0.139. The van der Waals surface area contributed by atoms with Gasteiger partial charge in [-0.3, -0.25) is 13.9 Å². The van der Waals surface area contributed by atoms with Crippen molar-refractivity contribution in [2.45, 2.75) is 69.5 Å². The third-order valence-electron chi connectivity index (χ3n) is 7.45. The molecule has 1 N–H and O–H groups in total. The lowest BCUT2D eigenvalue weighted by Crippen LogP contribution is -2.53. The van der Waals surface area contributed by atoms with Gasteiger partial charge in [-0.15, -0.1) is 0 Å². The van der Waals surface area contributed by atoms with E-state index < -0.39 is 34.3 Å². The fourth-order valence-corrected chi connectivity index (χ4v) is 6.39. The molecule has 0 unspecified atom stereocenters. The fraction of sp³-hybridized carbons (Fsp3) is 0.355. The van der Waals surface area contributed by atoms with E-state index in [1.54, 1.807) is 37.3 Å². The van der Waals surface area contributed by atoms with Crippen LogP contribution < -0.4 is 9.62 Å². The molecule has 2 amide bonds. The Kier molecular flexibility index (Phi) is 9.58. The summed E-state index contributed by atoms with van der Waals surface area (Å²) in [7, 11) is -4.23. The molecule has 1 atom stereocenters. The van der Waals surface area contributed by atoms with Crippen LogP contribution >= 0.6 is 0 Å². The van der Waals surface area contributed by atoms with Crippen molar-refractivity contribution in [2.75, 3.05) is 10.8 Å². The second kappa shape index (κ2) is 13.1. The third-order valence-corrected chi connectivity index (χ3v) is 9.23. The van der Waals surface area contributed by atoms with E-state index in [2.05, 4.69) is 5.32 Å². The molecule has 0 saturated heterocycles. The molecule has 0 radical (unpaired) electrons. The van der Waals surface area contributed by atoms with Crippen LogP contribution in [0.25, 0.3) is 0 Å². The topological polar surface area (TPSA) is 86.8 Å². The minimum absolute atomic E-state index is 0.0683. The van der Waals surface area contributed by atoms with Crippen molar-refractivity contribution in [1.29, 1.82) is 0 Å². The number of nitrogens with one attached hydrogen (secondary N) is 1. The van der Waals surface area contributed by atoms with Gasteiger partial charge in [0.1, 0.15) is 18.4 Å². The van der Waals surface area contributed by atoms with Crippen LogP contribution in [0.3, 0.4) is 0 Å². The molecule has 3 aromatic rings. The molecule has 0 heterocycles. The Balaban J connectivity index is 1.66. The second-order valence-corrected chi connectivity index (χ2v) is 12.1. The van der Waals surface area contributed by atoms with E-state index in [9.17, 15) is 22.4 Å². The number of nitrogens with zero attached hydrogens (tertiary/aromatic N) is 2. The van der Waals surface area contributed by atoms with Gasteiger partial charge < -0.3 is 10.2 Å². The maximum absolute atomic E-state index is 14.0. The first-order valence-electron chi connectivity index (χ1n) is 13.6. The Morgan fingerprint density at radius 3 is 2.20 bits per heavy atom. The number of hydrogen-bond donors (Lipinski definition) is 1. The number of sulfonamides is 1. The van der Waals surface area contributed by atoms with Crippen LogP contribution in [0.2, 0.25) is 0 Å². The van der Waals surface area contributed by atoms with E-state index in [1.165, 1.54) is 17.0 Å². The van der Waals surface area contributed by atoms with Gasteiger partial charge in [0.05, 0.1) is 10.6 Å². The molecule has 4 rings (SSSR count). The Hall–Kier alpha value is -3.72. The van der Waals surface area contributed by atoms with Crippen LogP contribution in [0.1, 0.15) is 50.2 Å². The number of carbonyl (C=O) groups excluding carboxylic acids is 2. The number of hydrogen-bond acceptors (Lipinski definition) is 4. The highest BCUT2D eigenvalue weighted by atomic mass is 32.2. The summed E-state index contributed by atoms with van der Waals surface area (Å²) in [4.78, 5) is 28.7. The summed E-state index contributed by atoms with van der Waals surface area (Å²) in [5.41, 5.74) is 2.11. The molecule has 212 valence electrons. The number of para-hydroxylation sites is 1. The van der Waals surface area contributed by atoms with E-state index in [1.807, 2.05) is 31.2 Å². The molecule has 0 aromatic heterocycles. The number of rotatable bonds is 10. The molecule has 7 nitrogen and oxygen atoms in total. The average molecular weight is 566 g/mol. The van der Waals surface area contributed by atoms with Gasteiger partial charge in [-0.05, 0) is 74.2 Å². The fourth-order valence-electron chi connectivity index (χ4n) is 4.98. The van der Waals surface area contributed by atoms with E-state index in [0.29, 0.717) is 0 Å². The van der Waals surface area contributed by atoms with Crippen LogP contribution in [-0.4, -0.2) is 43.8 Å². The number of anilines is 1. The van der Waals surface area contributed by atoms with Crippen molar-refractivity contribution in [3.63, 3.8) is 0 Å². The minimum atomic E-state index is -4.23. The highest BCUT2D eigenvalue weighted by molar-refractivity contribution is 7.92. The largest absolute Gasteiger partial charge is 0.352 e. The van der Waals surface area contributed by atoms with Crippen molar-refractivity contribution in [3.8, 4) is 0 Å². The Labute approximate surface area is 236 Å². The number of halogens is 1. The summed E-state index contributed by atoms with van der Waals surface area (Å²) >= 11 is 0. The first-order chi connectivity index (χ1) is 19.2. The predicted octanol–water partition coefficient (Wildman–Crippen LogP) is 5.20. The predicted molar refractivity (Wildman–Crippen MR) is 154 cm³/mol. The molecule has 40 heavy (non-hydrogen) atoms. The molecule has 1 aliphatic rings. The SMILES string of the molecule is Cc1ccccc1CN(C(=O)CN(c1ccccc1)S(=O)(=O)c1ccc(F)cc1)[C@@H](C)C(=O)NC1CCCCC1. The monoisotopic (exact) mass is 565 g/mol. The van der Waals surface area contributed by atoms with Gasteiger partial charge in [0, 0.05) is 12.6 Å². The summed E-state index contributed by atoms with van der Waals surface area (Å²) in [6.45, 7) is 3.22.